The summed E-state index contributed by atoms with van der Waals surface area (Å²) in [5, 5.41) is 18.9. The van der Waals surface area contributed by atoms with Crippen molar-refractivity contribution in [3.63, 3.8) is 0 Å². The van der Waals surface area contributed by atoms with E-state index in [0.29, 0.717) is 5.46 Å². The molecule has 0 atom stereocenters. The predicted molar refractivity (Wildman–Crippen MR) is 119 cm³/mol. The standard InChI is InChI=1S/C24H28BNO2/c1-15-11-17(3)23(18(4)12-15)26(22-9-7-21(8-10-22)25(27)28)24-19(5)13-16(2)14-20(24)6/h7-14,27-28H,1-6H3. The Labute approximate surface area is 168 Å². The van der Waals surface area contributed by atoms with Gasteiger partial charge in [0.25, 0.3) is 0 Å². The van der Waals surface area contributed by atoms with E-state index in [1.165, 1.54) is 33.4 Å². The minimum absolute atomic E-state index is 0.485. The Hall–Kier alpha value is -2.56. The molecule has 0 spiro atoms. The number of aryl methyl sites for hydroxylation is 6. The molecule has 2 N–H and O–H groups in total. The lowest BCUT2D eigenvalue weighted by molar-refractivity contribution is 0.426. The zero-order valence-electron chi connectivity index (χ0n) is 17.5. The smallest absolute Gasteiger partial charge is 0.423 e. The summed E-state index contributed by atoms with van der Waals surface area (Å²) >= 11 is 0. The van der Waals surface area contributed by atoms with Crippen LogP contribution in [-0.4, -0.2) is 17.2 Å². The molecular weight excluding hydrogens is 345 g/mol. The first kappa shape index (κ1) is 20.2. The SMILES string of the molecule is Cc1cc(C)c(N(c2ccc(B(O)O)cc2)c2c(C)cc(C)cc2C)c(C)c1. The Balaban J connectivity index is 2.30. The van der Waals surface area contributed by atoms with E-state index < -0.39 is 7.12 Å². The minimum atomic E-state index is -1.46. The number of hydrogen-bond donors (Lipinski definition) is 2. The third-order valence-corrected chi connectivity index (χ3v) is 5.17. The molecule has 0 saturated heterocycles. The average Bonchev–Trinajstić information content (AvgIpc) is 2.58. The molecule has 0 aliphatic heterocycles. The molecular formula is C24H28BNO2. The van der Waals surface area contributed by atoms with Crippen molar-refractivity contribution in [2.75, 3.05) is 4.90 Å². The van der Waals surface area contributed by atoms with E-state index in [9.17, 15) is 10.0 Å². The molecule has 0 aliphatic rings. The Morgan fingerprint density at radius 1 is 0.607 bits per heavy atom. The van der Waals surface area contributed by atoms with E-state index in [1.54, 1.807) is 12.1 Å². The van der Waals surface area contributed by atoms with Crippen LogP contribution in [0.5, 0.6) is 0 Å². The lowest BCUT2D eigenvalue weighted by atomic mass is 9.80. The van der Waals surface area contributed by atoms with Crippen molar-refractivity contribution in [1.82, 2.24) is 0 Å². The van der Waals surface area contributed by atoms with E-state index in [4.69, 9.17) is 0 Å². The molecule has 3 aromatic rings. The number of hydrogen-bond acceptors (Lipinski definition) is 3. The number of nitrogens with zero attached hydrogens (tertiary/aromatic N) is 1. The molecule has 0 aromatic heterocycles. The van der Waals surface area contributed by atoms with Gasteiger partial charge in [0.1, 0.15) is 0 Å². The van der Waals surface area contributed by atoms with Gasteiger partial charge in [0, 0.05) is 5.69 Å². The maximum absolute atomic E-state index is 9.47. The molecule has 4 heteroatoms. The summed E-state index contributed by atoms with van der Waals surface area (Å²) in [5.74, 6) is 0. The molecule has 0 amide bonds. The van der Waals surface area contributed by atoms with Crippen LogP contribution in [0.2, 0.25) is 0 Å². The quantitative estimate of drug-likeness (QED) is 0.653. The van der Waals surface area contributed by atoms with Crippen LogP contribution in [0.4, 0.5) is 17.1 Å². The van der Waals surface area contributed by atoms with Gasteiger partial charge in [-0.2, -0.15) is 0 Å². The van der Waals surface area contributed by atoms with Gasteiger partial charge in [0.05, 0.1) is 11.4 Å². The monoisotopic (exact) mass is 373 g/mol. The molecule has 0 fully saturated rings. The third-order valence-electron chi connectivity index (χ3n) is 5.17. The largest absolute Gasteiger partial charge is 0.488 e. The van der Waals surface area contributed by atoms with Crippen LogP contribution in [0, 0.1) is 41.5 Å². The zero-order valence-corrected chi connectivity index (χ0v) is 17.5. The van der Waals surface area contributed by atoms with Crippen LogP contribution in [0.1, 0.15) is 33.4 Å². The topological polar surface area (TPSA) is 43.7 Å². The van der Waals surface area contributed by atoms with Crippen molar-refractivity contribution in [3.05, 3.63) is 81.9 Å². The Bertz CT molecular complexity index is 906. The molecule has 0 heterocycles. The summed E-state index contributed by atoms with van der Waals surface area (Å²) in [4.78, 5) is 2.29. The van der Waals surface area contributed by atoms with Crippen molar-refractivity contribution in [2.45, 2.75) is 41.5 Å². The molecule has 3 rings (SSSR count). The van der Waals surface area contributed by atoms with E-state index in [0.717, 1.165) is 17.1 Å². The fourth-order valence-corrected chi connectivity index (χ4v) is 4.22. The molecule has 3 nitrogen and oxygen atoms in total. The van der Waals surface area contributed by atoms with Crippen molar-refractivity contribution in [2.24, 2.45) is 0 Å². The molecule has 0 unspecified atom stereocenters. The number of anilines is 3. The molecule has 0 bridgehead atoms. The number of rotatable bonds is 4. The Morgan fingerprint density at radius 3 is 1.29 bits per heavy atom. The summed E-state index contributed by atoms with van der Waals surface area (Å²) in [6, 6.07) is 16.3. The first-order chi connectivity index (χ1) is 13.2. The van der Waals surface area contributed by atoms with Crippen LogP contribution in [0.15, 0.2) is 48.5 Å². The second kappa shape index (κ2) is 7.82. The normalized spacial score (nSPS) is 10.9. The molecule has 0 aliphatic carbocycles. The van der Waals surface area contributed by atoms with Gasteiger partial charge in [0.15, 0.2) is 0 Å². The lowest BCUT2D eigenvalue weighted by Gasteiger charge is -2.32. The first-order valence-electron chi connectivity index (χ1n) is 9.61. The molecule has 3 aromatic carbocycles. The summed E-state index contributed by atoms with van der Waals surface area (Å²) in [7, 11) is -1.46. The van der Waals surface area contributed by atoms with Gasteiger partial charge < -0.3 is 14.9 Å². The maximum Gasteiger partial charge on any atom is 0.488 e. The summed E-state index contributed by atoms with van der Waals surface area (Å²) in [5.41, 5.74) is 11.1. The van der Waals surface area contributed by atoms with E-state index in [1.807, 2.05) is 12.1 Å². The van der Waals surface area contributed by atoms with Gasteiger partial charge in [-0.05, 0) is 81.4 Å². The van der Waals surface area contributed by atoms with Crippen molar-refractivity contribution >= 4 is 29.6 Å². The van der Waals surface area contributed by atoms with Crippen molar-refractivity contribution < 1.29 is 10.0 Å². The van der Waals surface area contributed by atoms with Crippen LogP contribution in [0.3, 0.4) is 0 Å². The fraction of sp³-hybridized carbons (Fsp3) is 0.250. The highest BCUT2D eigenvalue weighted by Crippen LogP contribution is 2.42. The van der Waals surface area contributed by atoms with Crippen LogP contribution in [-0.2, 0) is 0 Å². The number of benzene rings is 3. The first-order valence-corrected chi connectivity index (χ1v) is 9.61. The fourth-order valence-electron chi connectivity index (χ4n) is 4.22. The van der Waals surface area contributed by atoms with E-state index >= 15 is 0 Å². The van der Waals surface area contributed by atoms with Crippen LogP contribution >= 0.6 is 0 Å². The Morgan fingerprint density at radius 2 is 0.964 bits per heavy atom. The van der Waals surface area contributed by atoms with Gasteiger partial charge in [-0.25, -0.2) is 0 Å². The van der Waals surface area contributed by atoms with Gasteiger partial charge in [0.2, 0.25) is 0 Å². The summed E-state index contributed by atoms with van der Waals surface area (Å²) in [6.45, 7) is 12.8. The molecule has 0 saturated carbocycles. The second-order valence-corrected chi connectivity index (χ2v) is 7.80. The molecule has 28 heavy (non-hydrogen) atoms. The van der Waals surface area contributed by atoms with E-state index in [-0.39, 0.29) is 0 Å². The van der Waals surface area contributed by atoms with E-state index in [2.05, 4.69) is 70.7 Å². The van der Waals surface area contributed by atoms with Crippen LogP contribution in [0.25, 0.3) is 0 Å². The second-order valence-electron chi connectivity index (χ2n) is 7.80. The highest BCUT2D eigenvalue weighted by atomic mass is 16.4. The summed E-state index contributed by atoms with van der Waals surface area (Å²) in [6.07, 6.45) is 0. The van der Waals surface area contributed by atoms with Crippen LogP contribution < -0.4 is 10.4 Å². The third kappa shape index (κ3) is 3.84. The minimum Gasteiger partial charge on any atom is -0.423 e. The highest BCUT2D eigenvalue weighted by Gasteiger charge is 2.21. The van der Waals surface area contributed by atoms with Crippen molar-refractivity contribution in [1.29, 1.82) is 0 Å². The maximum atomic E-state index is 9.47. The van der Waals surface area contributed by atoms with Gasteiger partial charge in [-0.3, -0.25) is 0 Å². The van der Waals surface area contributed by atoms with Gasteiger partial charge >= 0.3 is 7.12 Å². The zero-order chi connectivity index (χ0) is 20.6. The highest BCUT2D eigenvalue weighted by molar-refractivity contribution is 6.58. The van der Waals surface area contributed by atoms with Crippen molar-refractivity contribution in [3.8, 4) is 0 Å². The van der Waals surface area contributed by atoms with Gasteiger partial charge in [-0.15, -0.1) is 0 Å². The predicted octanol–water partition coefficient (Wildman–Crippen LogP) is 4.69. The lowest BCUT2D eigenvalue weighted by Crippen LogP contribution is -2.29. The Kier molecular flexibility index (Phi) is 5.64. The van der Waals surface area contributed by atoms with Gasteiger partial charge in [-0.1, -0.05) is 47.5 Å². The molecule has 144 valence electrons. The molecule has 0 radical (unpaired) electrons. The summed E-state index contributed by atoms with van der Waals surface area (Å²) < 4.78 is 0. The average molecular weight is 373 g/mol.